The van der Waals surface area contributed by atoms with Crippen molar-refractivity contribution in [2.45, 2.75) is 6.61 Å². The van der Waals surface area contributed by atoms with E-state index in [2.05, 4.69) is 0 Å². The van der Waals surface area contributed by atoms with E-state index in [9.17, 15) is 9.18 Å². The second-order valence-electron chi connectivity index (χ2n) is 4.06. The zero-order valence-electron chi connectivity index (χ0n) is 10.2. The molecule has 0 saturated carbocycles. The van der Waals surface area contributed by atoms with Crippen LogP contribution in [0.3, 0.4) is 0 Å². The van der Waals surface area contributed by atoms with Gasteiger partial charge in [0.25, 0.3) is 0 Å². The Bertz CT molecular complexity index is 641. The Morgan fingerprint density at radius 3 is 2.70 bits per heavy atom. The molecule has 0 unspecified atom stereocenters. The zero-order valence-corrected chi connectivity index (χ0v) is 11.7. The van der Waals surface area contributed by atoms with E-state index in [1.54, 1.807) is 18.2 Å². The summed E-state index contributed by atoms with van der Waals surface area (Å²) in [4.78, 5) is 11.8. The lowest BCUT2D eigenvalue weighted by atomic mass is 10.2. The van der Waals surface area contributed by atoms with Gasteiger partial charge in [-0.1, -0.05) is 35.3 Å². The number of nitrogen functional groups attached to an aromatic ring is 1. The van der Waals surface area contributed by atoms with Gasteiger partial charge in [0, 0.05) is 11.3 Å². The lowest BCUT2D eigenvalue weighted by Gasteiger charge is -2.08. The average Bonchev–Trinajstić information content (AvgIpc) is 2.39. The molecule has 6 heteroatoms. The van der Waals surface area contributed by atoms with E-state index in [-0.39, 0.29) is 17.9 Å². The summed E-state index contributed by atoms with van der Waals surface area (Å²) in [7, 11) is 0. The van der Waals surface area contributed by atoms with Crippen LogP contribution in [0.4, 0.5) is 10.1 Å². The fourth-order valence-electron chi connectivity index (χ4n) is 1.62. The third-order valence-electron chi connectivity index (χ3n) is 2.55. The van der Waals surface area contributed by atoms with Crippen molar-refractivity contribution in [2.24, 2.45) is 0 Å². The first-order valence-corrected chi connectivity index (χ1v) is 6.39. The highest BCUT2D eigenvalue weighted by molar-refractivity contribution is 6.42. The van der Waals surface area contributed by atoms with Crippen molar-refractivity contribution in [1.29, 1.82) is 0 Å². The molecule has 0 amide bonds. The maximum Gasteiger partial charge on any atom is 0.338 e. The zero-order chi connectivity index (χ0) is 14.7. The first-order chi connectivity index (χ1) is 9.47. The predicted molar refractivity (Wildman–Crippen MR) is 76.4 cm³/mol. The number of nitrogens with two attached hydrogens (primary N) is 1. The standard InChI is InChI=1S/C14H10Cl2FNO2/c15-12-3-1-2-8(13(12)16)7-20-14(19)9-4-10(17)6-11(18)5-9/h1-6H,7,18H2. The molecule has 2 N–H and O–H groups in total. The van der Waals surface area contributed by atoms with Gasteiger partial charge in [0.1, 0.15) is 12.4 Å². The number of hydrogen-bond acceptors (Lipinski definition) is 3. The van der Waals surface area contributed by atoms with Gasteiger partial charge < -0.3 is 10.5 Å². The van der Waals surface area contributed by atoms with Gasteiger partial charge in [0.15, 0.2) is 0 Å². The Hall–Kier alpha value is -1.78. The van der Waals surface area contributed by atoms with Crippen LogP contribution in [0.15, 0.2) is 36.4 Å². The van der Waals surface area contributed by atoms with Gasteiger partial charge in [-0.3, -0.25) is 0 Å². The summed E-state index contributed by atoms with van der Waals surface area (Å²) in [6, 6.07) is 8.51. The Labute approximate surface area is 125 Å². The number of benzene rings is 2. The highest BCUT2D eigenvalue weighted by atomic mass is 35.5. The van der Waals surface area contributed by atoms with E-state index in [4.69, 9.17) is 33.7 Å². The fraction of sp³-hybridized carbons (Fsp3) is 0.0714. The molecule has 0 spiro atoms. The van der Waals surface area contributed by atoms with Crippen LogP contribution in [-0.4, -0.2) is 5.97 Å². The molecular formula is C14H10Cl2FNO2. The second-order valence-corrected chi connectivity index (χ2v) is 4.85. The molecule has 0 atom stereocenters. The summed E-state index contributed by atoms with van der Waals surface area (Å²) in [5.74, 6) is -1.29. The molecule has 0 aliphatic heterocycles. The third kappa shape index (κ3) is 3.40. The Balaban J connectivity index is 2.10. The smallest absolute Gasteiger partial charge is 0.338 e. The number of ether oxygens (including phenoxy) is 1. The normalized spacial score (nSPS) is 10.3. The van der Waals surface area contributed by atoms with E-state index in [1.807, 2.05) is 0 Å². The molecule has 2 rings (SSSR count). The number of rotatable bonds is 3. The molecule has 0 fully saturated rings. The summed E-state index contributed by atoms with van der Waals surface area (Å²) in [6.45, 7) is -0.0609. The fourth-order valence-corrected chi connectivity index (χ4v) is 1.99. The Morgan fingerprint density at radius 1 is 1.25 bits per heavy atom. The van der Waals surface area contributed by atoms with Gasteiger partial charge in [-0.15, -0.1) is 0 Å². The molecule has 0 aliphatic rings. The first-order valence-electron chi connectivity index (χ1n) is 5.63. The summed E-state index contributed by atoms with van der Waals surface area (Å²) in [5, 5.41) is 0.691. The average molecular weight is 314 g/mol. The number of carbonyl (C=O) groups excluding carboxylic acids is 1. The SMILES string of the molecule is Nc1cc(F)cc(C(=O)OCc2cccc(Cl)c2Cl)c1. The van der Waals surface area contributed by atoms with Crippen molar-refractivity contribution in [3.8, 4) is 0 Å². The van der Waals surface area contributed by atoms with Gasteiger partial charge >= 0.3 is 5.97 Å². The summed E-state index contributed by atoms with van der Waals surface area (Å²) in [5.41, 5.74) is 6.22. The van der Waals surface area contributed by atoms with Crippen molar-refractivity contribution >= 4 is 34.9 Å². The van der Waals surface area contributed by atoms with E-state index < -0.39 is 11.8 Å². The van der Waals surface area contributed by atoms with Crippen molar-refractivity contribution < 1.29 is 13.9 Å². The van der Waals surface area contributed by atoms with Gasteiger partial charge in [0.2, 0.25) is 0 Å². The van der Waals surface area contributed by atoms with E-state index >= 15 is 0 Å². The van der Waals surface area contributed by atoms with Crippen LogP contribution in [0, 0.1) is 5.82 Å². The number of hydrogen-bond donors (Lipinski definition) is 1. The first kappa shape index (κ1) is 14.6. The van der Waals surface area contributed by atoms with E-state index in [1.165, 1.54) is 6.07 Å². The molecule has 2 aromatic carbocycles. The Kier molecular flexibility index (Phi) is 4.47. The van der Waals surface area contributed by atoms with Crippen molar-refractivity contribution in [2.75, 3.05) is 5.73 Å². The lowest BCUT2D eigenvalue weighted by Crippen LogP contribution is -2.06. The van der Waals surface area contributed by atoms with Crippen molar-refractivity contribution in [3.63, 3.8) is 0 Å². The van der Waals surface area contributed by atoms with E-state index in [0.29, 0.717) is 15.6 Å². The monoisotopic (exact) mass is 313 g/mol. The molecule has 20 heavy (non-hydrogen) atoms. The minimum absolute atomic E-state index is 0.0423. The van der Waals surface area contributed by atoms with Crippen LogP contribution in [0.1, 0.15) is 15.9 Å². The van der Waals surface area contributed by atoms with Gasteiger partial charge in [-0.25, -0.2) is 9.18 Å². The molecule has 0 saturated heterocycles. The van der Waals surface area contributed by atoms with Crippen LogP contribution in [0.2, 0.25) is 10.0 Å². The lowest BCUT2D eigenvalue weighted by molar-refractivity contribution is 0.0472. The predicted octanol–water partition coefficient (Wildman–Crippen LogP) is 4.07. The molecule has 0 radical (unpaired) electrons. The minimum atomic E-state index is -0.688. The van der Waals surface area contributed by atoms with E-state index in [0.717, 1.165) is 12.1 Å². The molecule has 0 aromatic heterocycles. The van der Waals surface area contributed by atoms with Gasteiger partial charge in [-0.2, -0.15) is 0 Å². The van der Waals surface area contributed by atoms with Crippen molar-refractivity contribution in [3.05, 3.63) is 63.4 Å². The van der Waals surface area contributed by atoms with Crippen molar-refractivity contribution in [1.82, 2.24) is 0 Å². The third-order valence-corrected chi connectivity index (χ3v) is 3.40. The summed E-state index contributed by atoms with van der Waals surface area (Å²) >= 11 is 11.8. The molecule has 2 aromatic rings. The molecule has 3 nitrogen and oxygen atoms in total. The molecule has 0 bridgehead atoms. The maximum atomic E-state index is 13.1. The molecular weight excluding hydrogens is 304 g/mol. The van der Waals surface area contributed by atoms with Gasteiger partial charge in [-0.05, 0) is 24.3 Å². The van der Waals surface area contributed by atoms with Gasteiger partial charge in [0.05, 0.1) is 15.6 Å². The molecule has 0 aliphatic carbocycles. The van der Waals surface area contributed by atoms with Crippen LogP contribution >= 0.6 is 23.2 Å². The number of halogens is 3. The second kappa shape index (κ2) is 6.11. The summed E-state index contributed by atoms with van der Waals surface area (Å²) in [6.07, 6.45) is 0. The maximum absolute atomic E-state index is 13.1. The highest BCUT2D eigenvalue weighted by Gasteiger charge is 2.11. The van der Waals surface area contributed by atoms with Crippen LogP contribution < -0.4 is 5.73 Å². The molecule has 0 heterocycles. The quantitative estimate of drug-likeness (QED) is 0.686. The number of esters is 1. The Morgan fingerprint density at radius 2 is 2.00 bits per heavy atom. The highest BCUT2D eigenvalue weighted by Crippen LogP contribution is 2.26. The molecule has 104 valence electrons. The largest absolute Gasteiger partial charge is 0.457 e. The topological polar surface area (TPSA) is 52.3 Å². The number of carbonyl (C=O) groups is 1. The number of anilines is 1. The van der Waals surface area contributed by atoms with Crippen LogP contribution in [0.25, 0.3) is 0 Å². The minimum Gasteiger partial charge on any atom is -0.457 e. The summed E-state index contributed by atoms with van der Waals surface area (Å²) < 4.78 is 18.2. The van der Waals surface area contributed by atoms with Crippen LogP contribution in [-0.2, 0) is 11.3 Å². The van der Waals surface area contributed by atoms with Crippen LogP contribution in [0.5, 0.6) is 0 Å².